The maximum atomic E-state index is 12.4. The van der Waals surface area contributed by atoms with Crippen LogP contribution in [0.4, 0.5) is 5.69 Å². The number of hydrogen-bond acceptors (Lipinski definition) is 5. The van der Waals surface area contributed by atoms with Gasteiger partial charge in [0.1, 0.15) is 9.71 Å². The number of carbonyl (C=O) groups excluding carboxylic acids is 1. The predicted octanol–water partition coefficient (Wildman–Crippen LogP) is 2.09. The Morgan fingerprint density at radius 2 is 2.11 bits per heavy atom. The fraction of sp³-hybridized carbons (Fsp3) is 0.154. The van der Waals surface area contributed by atoms with E-state index in [0.29, 0.717) is 28.5 Å². The SMILES string of the molecule is C=CCN(CC=C)C(=O)c1sc2nnccc2c1N. The van der Waals surface area contributed by atoms with Gasteiger partial charge in [-0.1, -0.05) is 12.2 Å². The van der Waals surface area contributed by atoms with Gasteiger partial charge in [0.25, 0.3) is 5.91 Å². The number of fused-ring (bicyclic) bond motifs is 1. The summed E-state index contributed by atoms with van der Waals surface area (Å²) in [5.41, 5.74) is 6.47. The van der Waals surface area contributed by atoms with Crippen LogP contribution in [-0.4, -0.2) is 34.1 Å². The Hall–Kier alpha value is -2.21. The second-order valence-electron chi connectivity index (χ2n) is 3.88. The first-order valence-electron chi connectivity index (χ1n) is 5.69. The van der Waals surface area contributed by atoms with Crippen LogP contribution in [-0.2, 0) is 0 Å². The summed E-state index contributed by atoms with van der Waals surface area (Å²) in [5, 5.41) is 8.53. The van der Waals surface area contributed by atoms with Crippen LogP contribution in [0.15, 0.2) is 37.6 Å². The molecule has 0 aliphatic carbocycles. The number of aromatic nitrogens is 2. The Balaban J connectivity index is 2.42. The number of nitrogens with zero attached hydrogens (tertiary/aromatic N) is 3. The summed E-state index contributed by atoms with van der Waals surface area (Å²) in [5.74, 6) is -0.139. The highest BCUT2D eigenvalue weighted by molar-refractivity contribution is 7.21. The lowest BCUT2D eigenvalue weighted by Crippen LogP contribution is -2.31. The third kappa shape index (κ3) is 2.48. The number of amides is 1. The van der Waals surface area contributed by atoms with Crippen molar-refractivity contribution < 1.29 is 4.79 Å². The van der Waals surface area contributed by atoms with E-state index in [2.05, 4.69) is 23.4 Å². The second kappa shape index (κ2) is 5.62. The van der Waals surface area contributed by atoms with Gasteiger partial charge in [0, 0.05) is 18.5 Å². The highest BCUT2D eigenvalue weighted by Crippen LogP contribution is 2.32. The second-order valence-corrected chi connectivity index (χ2v) is 4.88. The average Bonchev–Trinajstić information content (AvgIpc) is 2.76. The van der Waals surface area contributed by atoms with E-state index in [-0.39, 0.29) is 5.91 Å². The van der Waals surface area contributed by atoms with Gasteiger partial charge in [-0.2, -0.15) is 5.10 Å². The maximum absolute atomic E-state index is 12.4. The largest absolute Gasteiger partial charge is 0.397 e. The highest BCUT2D eigenvalue weighted by atomic mass is 32.1. The summed E-state index contributed by atoms with van der Waals surface area (Å²) in [7, 11) is 0. The monoisotopic (exact) mass is 274 g/mol. The van der Waals surface area contributed by atoms with Crippen molar-refractivity contribution in [3.63, 3.8) is 0 Å². The van der Waals surface area contributed by atoms with Gasteiger partial charge in [-0.3, -0.25) is 4.79 Å². The molecule has 2 rings (SSSR count). The van der Waals surface area contributed by atoms with Gasteiger partial charge in [-0.25, -0.2) is 0 Å². The van der Waals surface area contributed by atoms with Gasteiger partial charge in [0.15, 0.2) is 0 Å². The van der Waals surface area contributed by atoms with Crippen molar-refractivity contribution in [1.29, 1.82) is 0 Å². The molecule has 2 aromatic rings. The van der Waals surface area contributed by atoms with Crippen LogP contribution in [0.3, 0.4) is 0 Å². The van der Waals surface area contributed by atoms with Crippen molar-refractivity contribution in [3.8, 4) is 0 Å². The van der Waals surface area contributed by atoms with Crippen LogP contribution in [0.25, 0.3) is 10.2 Å². The number of hydrogen-bond donors (Lipinski definition) is 1. The number of rotatable bonds is 5. The molecule has 0 unspecified atom stereocenters. The zero-order chi connectivity index (χ0) is 13.8. The number of anilines is 1. The molecule has 5 nitrogen and oxygen atoms in total. The molecular formula is C13H14N4OS. The van der Waals surface area contributed by atoms with E-state index in [1.54, 1.807) is 29.3 Å². The van der Waals surface area contributed by atoms with E-state index in [1.165, 1.54) is 11.3 Å². The van der Waals surface area contributed by atoms with Crippen molar-refractivity contribution in [2.75, 3.05) is 18.8 Å². The first-order chi connectivity index (χ1) is 9.19. The van der Waals surface area contributed by atoms with Crippen LogP contribution >= 0.6 is 11.3 Å². The van der Waals surface area contributed by atoms with E-state index in [4.69, 9.17) is 5.73 Å². The third-order valence-electron chi connectivity index (χ3n) is 2.60. The minimum absolute atomic E-state index is 0.139. The minimum atomic E-state index is -0.139. The van der Waals surface area contributed by atoms with Gasteiger partial charge in [0.2, 0.25) is 0 Å². The zero-order valence-corrected chi connectivity index (χ0v) is 11.2. The Labute approximate surface area is 115 Å². The fourth-order valence-corrected chi connectivity index (χ4v) is 2.73. The molecule has 0 aromatic carbocycles. The lowest BCUT2D eigenvalue weighted by atomic mass is 10.2. The minimum Gasteiger partial charge on any atom is -0.397 e. The van der Waals surface area contributed by atoms with E-state index >= 15 is 0 Å². The topological polar surface area (TPSA) is 72.1 Å². The molecule has 0 saturated carbocycles. The Kier molecular flexibility index (Phi) is 3.91. The molecule has 2 aromatic heterocycles. The molecular weight excluding hydrogens is 260 g/mol. The molecule has 0 spiro atoms. The summed E-state index contributed by atoms with van der Waals surface area (Å²) in [4.78, 5) is 15.2. The molecule has 1 amide bonds. The quantitative estimate of drug-likeness (QED) is 0.847. The van der Waals surface area contributed by atoms with E-state index < -0.39 is 0 Å². The van der Waals surface area contributed by atoms with Crippen LogP contribution in [0.2, 0.25) is 0 Å². The summed E-state index contributed by atoms with van der Waals surface area (Å²) in [6.45, 7) is 8.19. The summed E-state index contributed by atoms with van der Waals surface area (Å²) in [6.07, 6.45) is 4.90. The van der Waals surface area contributed by atoms with Crippen molar-refractivity contribution in [2.45, 2.75) is 0 Å². The van der Waals surface area contributed by atoms with E-state index in [9.17, 15) is 4.79 Å². The zero-order valence-electron chi connectivity index (χ0n) is 10.4. The molecule has 0 bridgehead atoms. The Bertz CT molecular complexity index is 625. The molecule has 0 radical (unpaired) electrons. The summed E-state index contributed by atoms with van der Waals surface area (Å²) < 4.78 is 0. The molecule has 98 valence electrons. The standard InChI is InChI=1S/C13H14N4OS/c1-3-7-17(8-4-2)13(18)11-10(14)9-5-6-15-16-12(9)19-11/h3-6H,1-2,7-8,14H2. The maximum Gasteiger partial charge on any atom is 0.266 e. The molecule has 0 aliphatic rings. The summed E-state index contributed by atoms with van der Waals surface area (Å²) >= 11 is 1.25. The van der Waals surface area contributed by atoms with Gasteiger partial charge < -0.3 is 10.6 Å². The number of nitrogen functional groups attached to an aromatic ring is 1. The van der Waals surface area contributed by atoms with Gasteiger partial charge in [-0.05, 0) is 6.07 Å². The third-order valence-corrected chi connectivity index (χ3v) is 3.69. The van der Waals surface area contributed by atoms with Crippen molar-refractivity contribution in [1.82, 2.24) is 15.1 Å². The molecule has 6 heteroatoms. The van der Waals surface area contributed by atoms with Crippen molar-refractivity contribution in [3.05, 3.63) is 42.5 Å². The molecule has 2 N–H and O–H groups in total. The average molecular weight is 274 g/mol. The predicted molar refractivity (Wildman–Crippen MR) is 78.1 cm³/mol. The van der Waals surface area contributed by atoms with Gasteiger partial charge in [-0.15, -0.1) is 29.6 Å². The fourth-order valence-electron chi connectivity index (χ4n) is 1.73. The molecule has 0 atom stereocenters. The highest BCUT2D eigenvalue weighted by Gasteiger charge is 2.21. The molecule has 2 heterocycles. The van der Waals surface area contributed by atoms with Gasteiger partial charge >= 0.3 is 0 Å². The first kappa shape index (κ1) is 13.2. The smallest absolute Gasteiger partial charge is 0.266 e. The van der Waals surface area contributed by atoms with Crippen LogP contribution in [0.5, 0.6) is 0 Å². The van der Waals surface area contributed by atoms with Crippen molar-refractivity contribution in [2.24, 2.45) is 0 Å². The van der Waals surface area contributed by atoms with Crippen molar-refractivity contribution >= 4 is 33.1 Å². The summed E-state index contributed by atoms with van der Waals surface area (Å²) in [6, 6.07) is 1.76. The molecule has 19 heavy (non-hydrogen) atoms. The van der Waals surface area contributed by atoms with E-state index in [1.807, 2.05) is 0 Å². The lowest BCUT2D eigenvalue weighted by molar-refractivity contribution is 0.0796. The molecule has 0 saturated heterocycles. The van der Waals surface area contributed by atoms with Crippen LogP contribution in [0, 0.1) is 0 Å². The van der Waals surface area contributed by atoms with Crippen LogP contribution < -0.4 is 5.73 Å². The number of thiophene rings is 1. The molecule has 0 aliphatic heterocycles. The first-order valence-corrected chi connectivity index (χ1v) is 6.51. The Morgan fingerprint density at radius 3 is 2.68 bits per heavy atom. The Morgan fingerprint density at radius 1 is 1.42 bits per heavy atom. The normalized spacial score (nSPS) is 10.3. The lowest BCUT2D eigenvalue weighted by Gasteiger charge is -2.18. The number of nitrogens with two attached hydrogens (primary N) is 1. The van der Waals surface area contributed by atoms with Gasteiger partial charge in [0.05, 0.1) is 11.9 Å². The number of carbonyl (C=O) groups is 1. The van der Waals surface area contributed by atoms with E-state index in [0.717, 1.165) is 5.39 Å². The molecule has 0 fully saturated rings. The van der Waals surface area contributed by atoms with Crippen LogP contribution in [0.1, 0.15) is 9.67 Å².